The minimum atomic E-state index is -0.959. The van der Waals surface area contributed by atoms with E-state index < -0.39 is 12.1 Å². The molecule has 23 heavy (non-hydrogen) atoms. The molecular formula is C16H19NO6. The second kappa shape index (κ2) is 6.16. The molecule has 2 aliphatic rings. The number of hydrogen-bond acceptors (Lipinski definition) is 5. The molecular weight excluding hydrogens is 302 g/mol. The lowest BCUT2D eigenvalue weighted by Gasteiger charge is -2.31. The highest BCUT2D eigenvalue weighted by atomic mass is 16.5. The topological polar surface area (TPSA) is 97.1 Å². The molecule has 0 bridgehead atoms. The van der Waals surface area contributed by atoms with Crippen molar-refractivity contribution in [3.63, 3.8) is 0 Å². The van der Waals surface area contributed by atoms with E-state index in [0.717, 1.165) is 6.42 Å². The average Bonchev–Trinajstić information content (AvgIpc) is 2.84. The van der Waals surface area contributed by atoms with Crippen LogP contribution in [0.5, 0.6) is 0 Å². The summed E-state index contributed by atoms with van der Waals surface area (Å²) < 4.78 is 11.0. The lowest BCUT2D eigenvalue weighted by Crippen LogP contribution is -2.46. The SMILES string of the molecule is Cc1c(C(=O)N2CCOC(CC(=O)O)C2)oc2c1C(=O)CCC2. The predicted molar refractivity (Wildman–Crippen MR) is 78.6 cm³/mol. The van der Waals surface area contributed by atoms with Gasteiger partial charge in [-0.1, -0.05) is 0 Å². The third-order valence-corrected chi connectivity index (χ3v) is 4.33. The summed E-state index contributed by atoms with van der Waals surface area (Å²) >= 11 is 0. The monoisotopic (exact) mass is 321 g/mol. The molecule has 2 heterocycles. The van der Waals surface area contributed by atoms with Crippen LogP contribution >= 0.6 is 0 Å². The van der Waals surface area contributed by atoms with Crippen LogP contribution in [0.25, 0.3) is 0 Å². The molecule has 0 aromatic carbocycles. The van der Waals surface area contributed by atoms with E-state index in [0.29, 0.717) is 42.9 Å². The fourth-order valence-electron chi connectivity index (χ4n) is 3.22. The Bertz CT molecular complexity index is 662. The molecule has 0 radical (unpaired) electrons. The Balaban J connectivity index is 1.80. The van der Waals surface area contributed by atoms with Gasteiger partial charge in [0.05, 0.1) is 24.7 Å². The van der Waals surface area contributed by atoms with Gasteiger partial charge in [-0.2, -0.15) is 0 Å². The summed E-state index contributed by atoms with van der Waals surface area (Å²) in [6, 6.07) is 0. The number of aliphatic carboxylic acids is 1. The zero-order chi connectivity index (χ0) is 16.6. The van der Waals surface area contributed by atoms with Crippen molar-refractivity contribution < 1.29 is 28.6 Å². The summed E-state index contributed by atoms with van der Waals surface area (Å²) in [6.45, 7) is 2.62. The molecule has 1 fully saturated rings. The molecule has 3 rings (SSSR count). The lowest BCUT2D eigenvalue weighted by molar-refractivity contribution is -0.141. The summed E-state index contributed by atoms with van der Waals surface area (Å²) in [7, 11) is 0. The molecule has 0 spiro atoms. The first-order valence-corrected chi connectivity index (χ1v) is 7.75. The number of ketones is 1. The Labute approximate surface area is 133 Å². The van der Waals surface area contributed by atoms with Crippen molar-refractivity contribution in [1.82, 2.24) is 4.90 Å². The van der Waals surface area contributed by atoms with Crippen molar-refractivity contribution >= 4 is 17.7 Å². The second-order valence-corrected chi connectivity index (χ2v) is 5.97. The number of fused-ring (bicyclic) bond motifs is 1. The Morgan fingerprint density at radius 2 is 2.13 bits per heavy atom. The molecule has 7 heteroatoms. The van der Waals surface area contributed by atoms with E-state index >= 15 is 0 Å². The van der Waals surface area contributed by atoms with Gasteiger partial charge in [0.15, 0.2) is 11.5 Å². The van der Waals surface area contributed by atoms with Crippen molar-refractivity contribution in [3.05, 3.63) is 22.6 Å². The van der Waals surface area contributed by atoms with Crippen LogP contribution < -0.4 is 0 Å². The van der Waals surface area contributed by atoms with E-state index in [9.17, 15) is 14.4 Å². The summed E-state index contributed by atoms with van der Waals surface area (Å²) in [4.78, 5) is 37.1. The molecule has 1 amide bonds. The van der Waals surface area contributed by atoms with Crippen LogP contribution in [0.4, 0.5) is 0 Å². The highest BCUT2D eigenvalue weighted by Crippen LogP contribution is 2.30. The number of carboxylic acid groups (broad SMARTS) is 1. The molecule has 1 aromatic heterocycles. The summed E-state index contributed by atoms with van der Waals surface area (Å²) in [6.07, 6.45) is 1.23. The largest absolute Gasteiger partial charge is 0.481 e. The maximum absolute atomic E-state index is 12.7. The summed E-state index contributed by atoms with van der Waals surface area (Å²) in [5.41, 5.74) is 1.14. The van der Waals surface area contributed by atoms with Gasteiger partial charge in [-0.3, -0.25) is 14.4 Å². The number of ether oxygens (including phenoxy) is 1. The highest BCUT2D eigenvalue weighted by Gasteiger charge is 2.33. The van der Waals surface area contributed by atoms with E-state index in [1.807, 2.05) is 0 Å². The minimum Gasteiger partial charge on any atom is -0.481 e. The number of aryl methyl sites for hydroxylation is 1. The number of hydrogen-bond donors (Lipinski definition) is 1. The third kappa shape index (κ3) is 3.01. The Morgan fingerprint density at radius 1 is 1.35 bits per heavy atom. The van der Waals surface area contributed by atoms with Gasteiger partial charge in [0.1, 0.15) is 5.76 Å². The van der Waals surface area contributed by atoms with E-state index in [2.05, 4.69) is 0 Å². The number of nitrogens with zero attached hydrogens (tertiary/aromatic N) is 1. The average molecular weight is 321 g/mol. The highest BCUT2D eigenvalue weighted by molar-refractivity contribution is 6.03. The van der Waals surface area contributed by atoms with Crippen LogP contribution in [0, 0.1) is 6.92 Å². The van der Waals surface area contributed by atoms with Gasteiger partial charge in [-0.15, -0.1) is 0 Å². The number of Topliss-reactive ketones (excluding diaryl/α,β-unsaturated/α-hetero) is 1. The van der Waals surface area contributed by atoms with Gasteiger partial charge in [-0.05, 0) is 13.3 Å². The quantitative estimate of drug-likeness (QED) is 0.904. The Hall–Kier alpha value is -2.15. The van der Waals surface area contributed by atoms with E-state index in [-0.39, 0.29) is 30.4 Å². The Kier molecular flexibility index (Phi) is 4.21. The normalized spacial score (nSPS) is 21.2. The molecule has 1 aromatic rings. The first kappa shape index (κ1) is 15.7. The number of rotatable bonds is 3. The molecule has 1 saturated heterocycles. The number of carbonyl (C=O) groups is 3. The van der Waals surface area contributed by atoms with Crippen LogP contribution in [-0.2, 0) is 16.0 Å². The second-order valence-electron chi connectivity index (χ2n) is 5.97. The molecule has 124 valence electrons. The number of amides is 1. The lowest BCUT2D eigenvalue weighted by atomic mass is 9.94. The first-order valence-electron chi connectivity index (χ1n) is 7.75. The van der Waals surface area contributed by atoms with Gasteiger partial charge in [0.25, 0.3) is 5.91 Å². The molecule has 1 aliphatic heterocycles. The number of morpholine rings is 1. The van der Waals surface area contributed by atoms with Gasteiger partial charge < -0.3 is 19.2 Å². The summed E-state index contributed by atoms with van der Waals surface area (Å²) in [5, 5.41) is 8.85. The minimum absolute atomic E-state index is 0.0253. The fraction of sp³-hybridized carbons (Fsp3) is 0.562. The van der Waals surface area contributed by atoms with Gasteiger partial charge in [0, 0.05) is 31.5 Å². The van der Waals surface area contributed by atoms with Crippen LogP contribution in [0.1, 0.15) is 51.5 Å². The van der Waals surface area contributed by atoms with Gasteiger partial charge >= 0.3 is 5.97 Å². The number of carboxylic acids is 1. The van der Waals surface area contributed by atoms with E-state index in [1.165, 1.54) is 0 Å². The van der Waals surface area contributed by atoms with Crippen LogP contribution in [0.3, 0.4) is 0 Å². The van der Waals surface area contributed by atoms with E-state index in [4.69, 9.17) is 14.3 Å². The molecule has 7 nitrogen and oxygen atoms in total. The molecule has 1 atom stereocenters. The van der Waals surface area contributed by atoms with Gasteiger partial charge in [-0.25, -0.2) is 0 Å². The maximum atomic E-state index is 12.7. The summed E-state index contributed by atoms with van der Waals surface area (Å²) in [5.74, 6) is -0.445. The van der Waals surface area contributed by atoms with E-state index in [1.54, 1.807) is 11.8 Å². The third-order valence-electron chi connectivity index (χ3n) is 4.33. The van der Waals surface area contributed by atoms with Crippen molar-refractivity contribution in [2.45, 2.75) is 38.7 Å². The van der Waals surface area contributed by atoms with Crippen LogP contribution in [0.15, 0.2) is 4.42 Å². The van der Waals surface area contributed by atoms with Crippen molar-refractivity contribution in [2.24, 2.45) is 0 Å². The number of furan rings is 1. The predicted octanol–water partition coefficient (Wildman–Crippen LogP) is 1.42. The maximum Gasteiger partial charge on any atom is 0.306 e. The number of carbonyl (C=O) groups excluding carboxylic acids is 2. The Morgan fingerprint density at radius 3 is 2.83 bits per heavy atom. The van der Waals surface area contributed by atoms with Crippen molar-refractivity contribution in [1.29, 1.82) is 0 Å². The molecule has 1 unspecified atom stereocenters. The van der Waals surface area contributed by atoms with Crippen molar-refractivity contribution in [3.8, 4) is 0 Å². The smallest absolute Gasteiger partial charge is 0.306 e. The zero-order valence-corrected chi connectivity index (χ0v) is 13.0. The zero-order valence-electron chi connectivity index (χ0n) is 13.0. The van der Waals surface area contributed by atoms with Crippen LogP contribution in [-0.4, -0.2) is 53.5 Å². The van der Waals surface area contributed by atoms with Crippen molar-refractivity contribution in [2.75, 3.05) is 19.7 Å². The van der Waals surface area contributed by atoms with Crippen LogP contribution in [0.2, 0.25) is 0 Å². The first-order chi connectivity index (χ1) is 11.0. The fourth-order valence-corrected chi connectivity index (χ4v) is 3.22. The van der Waals surface area contributed by atoms with Gasteiger partial charge in [0.2, 0.25) is 0 Å². The molecule has 1 N–H and O–H groups in total. The standard InChI is InChI=1S/C16H19NO6/c1-9-14-11(18)3-2-4-12(14)23-15(9)16(21)17-5-6-22-10(8-17)7-13(19)20/h10H,2-8H2,1H3,(H,19,20). The molecule has 1 aliphatic carbocycles. The molecule has 0 saturated carbocycles.